The maximum atomic E-state index is 11.2. The Labute approximate surface area is 88.0 Å². The van der Waals surface area contributed by atoms with Crippen molar-refractivity contribution in [3.05, 3.63) is 6.92 Å². The van der Waals surface area contributed by atoms with Crippen molar-refractivity contribution in [2.24, 2.45) is 0 Å². The van der Waals surface area contributed by atoms with Gasteiger partial charge in [0.25, 0.3) is 0 Å². The van der Waals surface area contributed by atoms with Gasteiger partial charge in [-0.25, -0.2) is 0 Å². The predicted octanol–water partition coefficient (Wildman–Crippen LogP) is 3.50. The minimum Gasteiger partial charge on any atom is -0.459 e. The first-order chi connectivity index (χ1) is 6.64. The van der Waals surface area contributed by atoms with Gasteiger partial charge < -0.3 is 4.74 Å². The molecule has 0 saturated heterocycles. The molecule has 0 aliphatic carbocycles. The zero-order chi connectivity index (χ0) is 11.0. The van der Waals surface area contributed by atoms with Crippen molar-refractivity contribution in [3.63, 3.8) is 0 Å². The SMILES string of the molecule is [CH2]CC(=O)OC(CC)(CC)CCCC. The van der Waals surface area contributed by atoms with Crippen molar-refractivity contribution in [1.82, 2.24) is 0 Å². The van der Waals surface area contributed by atoms with Gasteiger partial charge in [0.2, 0.25) is 0 Å². The lowest BCUT2D eigenvalue weighted by Crippen LogP contribution is -2.33. The molecule has 0 aromatic heterocycles. The molecular weight excluding hydrogens is 176 g/mol. The van der Waals surface area contributed by atoms with Gasteiger partial charge in [-0.15, -0.1) is 0 Å². The van der Waals surface area contributed by atoms with E-state index in [1.54, 1.807) is 0 Å². The lowest BCUT2D eigenvalue weighted by atomic mass is 9.91. The van der Waals surface area contributed by atoms with E-state index in [-0.39, 0.29) is 18.0 Å². The van der Waals surface area contributed by atoms with E-state index in [9.17, 15) is 4.79 Å². The first kappa shape index (κ1) is 13.5. The topological polar surface area (TPSA) is 26.3 Å². The summed E-state index contributed by atoms with van der Waals surface area (Å²) in [6, 6.07) is 0. The molecule has 0 aromatic carbocycles. The van der Waals surface area contributed by atoms with Gasteiger partial charge in [0.1, 0.15) is 5.60 Å². The van der Waals surface area contributed by atoms with Gasteiger partial charge in [-0.3, -0.25) is 4.79 Å². The van der Waals surface area contributed by atoms with E-state index in [1.807, 2.05) is 0 Å². The molecule has 0 aliphatic heterocycles. The fraction of sp³-hybridized carbons (Fsp3) is 0.833. The minimum absolute atomic E-state index is 0.176. The zero-order valence-corrected chi connectivity index (χ0v) is 9.77. The highest BCUT2D eigenvalue weighted by atomic mass is 16.6. The smallest absolute Gasteiger partial charge is 0.306 e. The molecule has 0 bridgehead atoms. The fourth-order valence-corrected chi connectivity index (χ4v) is 1.59. The summed E-state index contributed by atoms with van der Waals surface area (Å²) in [7, 11) is 0. The van der Waals surface area contributed by atoms with Crippen molar-refractivity contribution in [2.45, 2.75) is 64.9 Å². The molecule has 0 aliphatic rings. The van der Waals surface area contributed by atoms with Crippen LogP contribution in [0, 0.1) is 6.92 Å². The van der Waals surface area contributed by atoms with Crippen molar-refractivity contribution in [2.75, 3.05) is 0 Å². The number of carbonyl (C=O) groups excluding carboxylic acids is 1. The van der Waals surface area contributed by atoms with Crippen LogP contribution in [0.1, 0.15) is 59.3 Å². The Kier molecular flexibility index (Phi) is 6.60. The second kappa shape index (κ2) is 6.86. The normalized spacial score (nSPS) is 11.4. The molecular formula is C12H23O2. The van der Waals surface area contributed by atoms with Crippen molar-refractivity contribution in [3.8, 4) is 0 Å². The fourth-order valence-electron chi connectivity index (χ4n) is 1.59. The number of ether oxygens (including phenoxy) is 1. The quantitative estimate of drug-likeness (QED) is 0.586. The third kappa shape index (κ3) is 4.12. The molecule has 0 aromatic rings. The number of unbranched alkanes of at least 4 members (excludes halogenated alkanes) is 1. The predicted molar refractivity (Wildman–Crippen MR) is 58.9 cm³/mol. The molecule has 0 rings (SSSR count). The van der Waals surface area contributed by atoms with Gasteiger partial charge in [-0.2, -0.15) is 0 Å². The lowest BCUT2D eigenvalue weighted by Gasteiger charge is -2.31. The highest BCUT2D eigenvalue weighted by molar-refractivity contribution is 5.70. The third-order valence-electron chi connectivity index (χ3n) is 2.81. The summed E-state index contributed by atoms with van der Waals surface area (Å²) < 4.78 is 5.49. The van der Waals surface area contributed by atoms with E-state index < -0.39 is 0 Å². The second-order valence-corrected chi connectivity index (χ2v) is 3.72. The van der Waals surface area contributed by atoms with Crippen LogP contribution in [0.2, 0.25) is 0 Å². The Hall–Kier alpha value is -0.530. The van der Waals surface area contributed by atoms with Crippen LogP contribution in [-0.2, 0) is 9.53 Å². The standard InChI is InChI=1S/C12H23O2/c1-5-9-10-12(7-3,8-4)14-11(13)6-2/h2,5-10H2,1,3-4H3. The summed E-state index contributed by atoms with van der Waals surface area (Å²) in [5.41, 5.74) is -0.231. The number of esters is 1. The molecule has 2 nitrogen and oxygen atoms in total. The number of hydrogen-bond donors (Lipinski definition) is 0. The van der Waals surface area contributed by atoms with E-state index in [2.05, 4.69) is 27.7 Å². The van der Waals surface area contributed by atoms with Crippen LogP contribution in [0.4, 0.5) is 0 Å². The maximum absolute atomic E-state index is 11.2. The van der Waals surface area contributed by atoms with Gasteiger partial charge in [-0.05, 0) is 32.6 Å². The molecule has 1 radical (unpaired) electrons. The number of carbonyl (C=O) groups is 1. The molecule has 0 heterocycles. The Balaban J connectivity index is 4.28. The van der Waals surface area contributed by atoms with Crippen molar-refractivity contribution < 1.29 is 9.53 Å². The van der Waals surface area contributed by atoms with Crippen molar-refractivity contribution in [1.29, 1.82) is 0 Å². The maximum Gasteiger partial charge on any atom is 0.306 e. The summed E-state index contributed by atoms with van der Waals surface area (Å²) in [5.74, 6) is -0.176. The summed E-state index contributed by atoms with van der Waals surface area (Å²) in [6.45, 7) is 9.85. The van der Waals surface area contributed by atoms with Gasteiger partial charge in [0, 0.05) is 6.42 Å². The first-order valence-corrected chi connectivity index (χ1v) is 5.65. The molecule has 0 saturated carbocycles. The summed E-state index contributed by atoms with van der Waals surface area (Å²) >= 11 is 0. The van der Waals surface area contributed by atoms with E-state index in [0.29, 0.717) is 0 Å². The third-order valence-corrected chi connectivity index (χ3v) is 2.81. The molecule has 0 N–H and O–H groups in total. The molecule has 0 unspecified atom stereocenters. The minimum atomic E-state index is -0.231. The average molecular weight is 199 g/mol. The molecule has 0 amide bonds. The number of rotatable bonds is 7. The highest BCUT2D eigenvalue weighted by Crippen LogP contribution is 2.27. The Morgan fingerprint density at radius 2 is 1.86 bits per heavy atom. The van der Waals surface area contributed by atoms with Gasteiger partial charge in [0.15, 0.2) is 0 Å². The van der Waals surface area contributed by atoms with Crippen LogP contribution in [0.3, 0.4) is 0 Å². The van der Waals surface area contributed by atoms with E-state index in [4.69, 9.17) is 4.74 Å². The van der Waals surface area contributed by atoms with Gasteiger partial charge in [-0.1, -0.05) is 27.2 Å². The van der Waals surface area contributed by atoms with Gasteiger partial charge in [0.05, 0.1) is 0 Å². The van der Waals surface area contributed by atoms with Crippen LogP contribution >= 0.6 is 0 Å². The Morgan fingerprint density at radius 1 is 1.29 bits per heavy atom. The van der Waals surface area contributed by atoms with E-state index in [1.165, 1.54) is 0 Å². The summed E-state index contributed by atoms with van der Waals surface area (Å²) in [6.07, 6.45) is 5.26. The van der Waals surface area contributed by atoms with Crippen molar-refractivity contribution >= 4 is 5.97 Å². The zero-order valence-electron chi connectivity index (χ0n) is 9.77. The van der Waals surface area contributed by atoms with Crippen LogP contribution < -0.4 is 0 Å². The van der Waals surface area contributed by atoms with Crippen LogP contribution in [0.15, 0.2) is 0 Å². The largest absolute Gasteiger partial charge is 0.459 e. The average Bonchev–Trinajstić information content (AvgIpc) is 2.24. The Bertz CT molecular complexity index is 160. The van der Waals surface area contributed by atoms with E-state index in [0.717, 1.165) is 32.1 Å². The molecule has 0 fully saturated rings. The monoisotopic (exact) mass is 199 g/mol. The lowest BCUT2D eigenvalue weighted by molar-refractivity contribution is -0.160. The molecule has 83 valence electrons. The van der Waals surface area contributed by atoms with Crippen LogP contribution in [0.5, 0.6) is 0 Å². The van der Waals surface area contributed by atoms with Crippen LogP contribution in [-0.4, -0.2) is 11.6 Å². The molecule has 14 heavy (non-hydrogen) atoms. The first-order valence-electron chi connectivity index (χ1n) is 5.65. The van der Waals surface area contributed by atoms with E-state index >= 15 is 0 Å². The van der Waals surface area contributed by atoms with Crippen LogP contribution in [0.25, 0.3) is 0 Å². The molecule has 0 spiro atoms. The summed E-state index contributed by atoms with van der Waals surface area (Å²) in [4.78, 5) is 11.2. The molecule has 2 heteroatoms. The summed E-state index contributed by atoms with van der Waals surface area (Å²) in [5, 5.41) is 0. The highest BCUT2D eigenvalue weighted by Gasteiger charge is 2.29. The number of hydrogen-bond acceptors (Lipinski definition) is 2. The van der Waals surface area contributed by atoms with Gasteiger partial charge >= 0.3 is 5.97 Å². The molecule has 0 atom stereocenters. The second-order valence-electron chi connectivity index (χ2n) is 3.72. The Morgan fingerprint density at radius 3 is 2.21 bits per heavy atom.